The standard InChI is InChI=1S/C13H22N4O/c1-10(9-17(2)3)18-13-14-8-7-12(16-13)15-11-5-4-6-11/h7-8,10-11H,4-6,9H2,1-3H3,(H,14,15,16). The van der Waals surface area contributed by atoms with Crippen LogP contribution in [0.15, 0.2) is 12.3 Å². The monoisotopic (exact) mass is 250 g/mol. The van der Waals surface area contributed by atoms with Crippen LogP contribution in [-0.2, 0) is 0 Å². The van der Waals surface area contributed by atoms with E-state index in [-0.39, 0.29) is 6.10 Å². The number of hydrogen-bond acceptors (Lipinski definition) is 5. The Kier molecular flexibility index (Phi) is 4.36. The molecule has 1 aromatic heterocycles. The van der Waals surface area contributed by atoms with Gasteiger partial charge < -0.3 is 15.0 Å². The first-order valence-corrected chi connectivity index (χ1v) is 6.54. The molecule has 2 rings (SSSR count). The fraction of sp³-hybridized carbons (Fsp3) is 0.692. The molecule has 1 unspecified atom stereocenters. The minimum atomic E-state index is 0.0824. The lowest BCUT2D eigenvalue weighted by Crippen LogP contribution is -2.29. The molecular formula is C13H22N4O. The lowest BCUT2D eigenvalue weighted by Gasteiger charge is -2.27. The maximum absolute atomic E-state index is 5.70. The zero-order chi connectivity index (χ0) is 13.0. The zero-order valence-corrected chi connectivity index (χ0v) is 11.4. The molecule has 0 aliphatic heterocycles. The van der Waals surface area contributed by atoms with Gasteiger partial charge in [0, 0.05) is 18.8 Å². The average Bonchev–Trinajstić information content (AvgIpc) is 2.23. The molecule has 1 N–H and O–H groups in total. The normalized spacial score (nSPS) is 17.3. The predicted octanol–water partition coefficient (Wildman–Crippen LogP) is 1.77. The van der Waals surface area contributed by atoms with Gasteiger partial charge in [-0.3, -0.25) is 0 Å². The largest absolute Gasteiger partial charge is 0.459 e. The van der Waals surface area contributed by atoms with Gasteiger partial charge in [0.2, 0.25) is 0 Å². The van der Waals surface area contributed by atoms with Crippen LogP contribution in [-0.4, -0.2) is 47.7 Å². The Bertz CT molecular complexity index is 379. The molecular weight excluding hydrogens is 228 g/mol. The first-order chi connectivity index (χ1) is 8.63. The molecule has 1 atom stereocenters. The molecule has 18 heavy (non-hydrogen) atoms. The van der Waals surface area contributed by atoms with Crippen LogP contribution in [0.1, 0.15) is 26.2 Å². The number of likely N-dealkylation sites (N-methyl/N-ethyl adjacent to an activating group) is 1. The van der Waals surface area contributed by atoms with Crippen molar-refractivity contribution in [2.24, 2.45) is 0 Å². The van der Waals surface area contributed by atoms with Gasteiger partial charge in [-0.2, -0.15) is 4.98 Å². The van der Waals surface area contributed by atoms with Crippen molar-refractivity contribution in [1.29, 1.82) is 0 Å². The van der Waals surface area contributed by atoms with E-state index in [1.165, 1.54) is 19.3 Å². The Hall–Kier alpha value is -1.36. The third-order valence-corrected chi connectivity index (χ3v) is 3.02. The Morgan fingerprint density at radius 3 is 2.89 bits per heavy atom. The highest BCUT2D eigenvalue weighted by molar-refractivity contribution is 5.35. The summed E-state index contributed by atoms with van der Waals surface area (Å²) in [6.07, 6.45) is 5.60. The summed E-state index contributed by atoms with van der Waals surface area (Å²) in [4.78, 5) is 10.6. The minimum absolute atomic E-state index is 0.0824. The van der Waals surface area contributed by atoms with Crippen molar-refractivity contribution in [1.82, 2.24) is 14.9 Å². The van der Waals surface area contributed by atoms with Crippen LogP contribution in [0.3, 0.4) is 0 Å². The maximum Gasteiger partial charge on any atom is 0.318 e. The van der Waals surface area contributed by atoms with Crippen molar-refractivity contribution in [2.75, 3.05) is 26.0 Å². The summed E-state index contributed by atoms with van der Waals surface area (Å²) in [5.41, 5.74) is 0. The minimum Gasteiger partial charge on any atom is -0.459 e. The van der Waals surface area contributed by atoms with E-state index in [0.29, 0.717) is 12.1 Å². The summed E-state index contributed by atoms with van der Waals surface area (Å²) >= 11 is 0. The predicted molar refractivity (Wildman–Crippen MR) is 71.9 cm³/mol. The highest BCUT2D eigenvalue weighted by Gasteiger charge is 2.17. The highest BCUT2D eigenvalue weighted by atomic mass is 16.5. The first-order valence-electron chi connectivity index (χ1n) is 6.54. The van der Waals surface area contributed by atoms with Crippen LogP contribution in [0.4, 0.5) is 5.82 Å². The summed E-state index contributed by atoms with van der Waals surface area (Å²) in [6, 6.07) is 2.92. The van der Waals surface area contributed by atoms with E-state index in [1.807, 2.05) is 27.1 Å². The van der Waals surface area contributed by atoms with Crippen molar-refractivity contribution >= 4 is 5.82 Å². The second kappa shape index (κ2) is 6.00. The van der Waals surface area contributed by atoms with Gasteiger partial charge in [-0.15, -0.1) is 0 Å². The van der Waals surface area contributed by atoms with Crippen LogP contribution in [0.5, 0.6) is 6.01 Å². The smallest absolute Gasteiger partial charge is 0.318 e. The molecule has 0 amide bonds. The van der Waals surface area contributed by atoms with Gasteiger partial charge in [-0.05, 0) is 46.3 Å². The topological polar surface area (TPSA) is 50.3 Å². The molecule has 5 nitrogen and oxygen atoms in total. The van der Waals surface area contributed by atoms with Gasteiger partial charge in [-0.1, -0.05) is 0 Å². The second-order valence-electron chi connectivity index (χ2n) is 5.19. The Morgan fingerprint density at radius 1 is 1.50 bits per heavy atom. The van der Waals surface area contributed by atoms with Gasteiger partial charge in [-0.25, -0.2) is 4.98 Å². The van der Waals surface area contributed by atoms with E-state index in [0.717, 1.165) is 12.4 Å². The maximum atomic E-state index is 5.70. The van der Waals surface area contributed by atoms with E-state index in [9.17, 15) is 0 Å². The van der Waals surface area contributed by atoms with Crippen LogP contribution < -0.4 is 10.1 Å². The molecule has 5 heteroatoms. The summed E-state index contributed by atoms with van der Waals surface area (Å²) < 4.78 is 5.70. The summed E-state index contributed by atoms with van der Waals surface area (Å²) in [7, 11) is 4.05. The summed E-state index contributed by atoms with van der Waals surface area (Å²) in [6.45, 7) is 2.87. The fourth-order valence-electron chi connectivity index (χ4n) is 1.97. The van der Waals surface area contributed by atoms with E-state index >= 15 is 0 Å². The van der Waals surface area contributed by atoms with E-state index in [2.05, 4.69) is 20.2 Å². The lowest BCUT2D eigenvalue weighted by atomic mass is 9.93. The number of nitrogens with one attached hydrogen (secondary N) is 1. The second-order valence-corrected chi connectivity index (χ2v) is 5.19. The van der Waals surface area contributed by atoms with Gasteiger partial charge in [0.05, 0.1) is 0 Å². The molecule has 0 saturated heterocycles. The molecule has 1 saturated carbocycles. The SMILES string of the molecule is CC(CN(C)C)Oc1nccc(NC2CCC2)n1. The number of nitrogens with zero attached hydrogens (tertiary/aromatic N) is 3. The zero-order valence-electron chi connectivity index (χ0n) is 11.4. The number of anilines is 1. The molecule has 0 spiro atoms. The van der Waals surface area contributed by atoms with Gasteiger partial charge in [0.1, 0.15) is 11.9 Å². The van der Waals surface area contributed by atoms with Crippen LogP contribution >= 0.6 is 0 Å². The highest BCUT2D eigenvalue weighted by Crippen LogP contribution is 2.22. The van der Waals surface area contributed by atoms with Crippen molar-refractivity contribution in [3.8, 4) is 6.01 Å². The molecule has 1 fully saturated rings. The molecule has 1 aromatic rings. The van der Waals surface area contributed by atoms with E-state index in [1.54, 1.807) is 6.20 Å². The lowest BCUT2D eigenvalue weighted by molar-refractivity contribution is 0.163. The molecule has 0 bridgehead atoms. The fourth-order valence-corrected chi connectivity index (χ4v) is 1.97. The Balaban J connectivity index is 1.89. The van der Waals surface area contributed by atoms with Gasteiger partial charge >= 0.3 is 6.01 Å². The van der Waals surface area contributed by atoms with E-state index < -0.39 is 0 Å². The number of hydrogen-bond donors (Lipinski definition) is 1. The molecule has 0 aromatic carbocycles. The van der Waals surface area contributed by atoms with Crippen LogP contribution in [0.2, 0.25) is 0 Å². The third-order valence-electron chi connectivity index (χ3n) is 3.02. The summed E-state index contributed by atoms with van der Waals surface area (Å²) in [5.74, 6) is 0.863. The number of rotatable bonds is 6. The number of aromatic nitrogens is 2. The molecule has 0 radical (unpaired) electrons. The molecule has 1 aliphatic carbocycles. The van der Waals surface area contributed by atoms with Gasteiger partial charge in [0.25, 0.3) is 0 Å². The Labute approximate surface area is 109 Å². The van der Waals surface area contributed by atoms with Crippen LogP contribution in [0.25, 0.3) is 0 Å². The van der Waals surface area contributed by atoms with Crippen molar-refractivity contribution in [2.45, 2.75) is 38.3 Å². The van der Waals surface area contributed by atoms with Gasteiger partial charge in [0.15, 0.2) is 0 Å². The average molecular weight is 250 g/mol. The molecule has 100 valence electrons. The molecule has 1 aliphatic rings. The Morgan fingerprint density at radius 2 is 2.28 bits per heavy atom. The van der Waals surface area contributed by atoms with Crippen molar-refractivity contribution < 1.29 is 4.74 Å². The van der Waals surface area contributed by atoms with Crippen molar-refractivity contribution in [3.63, 3.8) is 0 Å². The third kappa shape index (κ3) is 3.84. The first kappa shape index (κ1) is 13.1. The molecule has 1 heterocycles. The van der Waals surface area contributed by atoms with Crippen LogP contribution in [0, 0.1) is 0 Å². The van der Waals surface area contributed by atoms with E-state index in [4.69, 9.17) is 4.74 Å². The van der Waals surface area contributed by atoms with Crippen molar-refractivity contribution in [3.05, 3.63) is 12.3 Å². The summed E-state index contributed by atoms with van der Waals surface area (Å²) in [5, 5.41) is 3.39. The quantitative estimate of drug-likeness (QED) is 0.834. The number of ether oxygens (including phenoxy) is 1.